The summed E-state index contributed by atoms with van der Waals surface area (Å²) in [6, 6.07) is -3.16. The number of carboxylic acid groups (broad SMARTS) is 1. The molecule has 122 valence electrons. The standard InChI is InChI=1S/C12H23N3O5S/c1-6(13)10(17)15-9(7(2)16)11(18)14-8(12(19)20)4-5-21-3/h6-9,16H,4-5,13H2,1-3H3,(H,14,18)(H,15,17)(H,19,20). The van der Waals surface area contributed by atoms with Crippen LogP contribution in [0.4, 0.5) is 0 Å². The Balaban J connectivity index is 4.79. The molecular formula is C12H23N3O5S. The lowest BCUT2D eigenvalue weighted by atomic mass is 10.1. The highest BCUT2D eigenvalue weighted by Crippen LogP contribution is 2.03. The second-order valence-corrected chi connectivity index (χ2v) is 5.68. The maximum Gasteiger partial charge on any atom is 0.326 e. The van der Waals surface area contributed by atoms with Crippen LogP contribution in [0.3, 0.4) is 0 Å². The van der Waals surface area contributed by atoms with E-state index in [2.05, 4.69) is 10.6 Å². The Kier molecular flexibility index (Phi) is 8.98. The fourth-order valence-corrected chi connectivity index (χ4v) is 1.92. The van der Waals surface area contributed by atoms with Gasteiger partial charge in [0, 0.05) is 0 Å². The van der Waals surface area contributed by atoms with Gasteiger partial charge in [-0.2, -0.15) is 11.8 Å². The van der Waals surface area contributed by atoms with E-state index in [1.807, 2.05) is 6.26 Å². The summed E-state index contributed by atoms with van der Waals surface area (Å²) in [6.45, 7) is 2.76. The van der Waals surface area contributed by atoms with Crippen molar-refractivity contribution in [1.29, 1.82) is 0 Å². The average Bonchev–Trinajstić information content (AvgIpc) is 2.39. The smallest absolute Gasteiger partial charge is 0.326 e. The molecule has 0 heterocycles. The first-order valence-corrected chi connectivity index (χ1v) is 7.86. The molecule has 0 saturated heterocycles. The van der Waals surface area contributed by atoms with Crippen molar-refractivity contribution in [1.82, 2.24) is 10.6 Å². The van der Waals surface area contributed by atoms with E-state index in [0.717, 1.165) is 0 Å². The molecule has 8 nitrogen and oxygen atoms in total. The van der Waals surface area contributed by atoms with Crippen LogP contribution in [0.1, 0.15) is 20.3 Å². The molecule has 2 amide bonds. The van der Waals surface area contributed by atoms with Gasteiger partial charge in [0.1, 0.15) is 12.1 Å². The van der Waals surface area contributed by atoms with Crippen LogP contribution in [0.5, 0.6) is 0 Å². The van der Waals surface area contributed by atoms with E-state index in [-0.39, 0.29) is 6.42 Å². The van der Waals surface area contributed by atoms with E-state index in [4.69, 9.17) is 10.8 Å². The second-order valence-electron chi connectivity index (χ2n) is 4.70. The van der Waals surface area contributed by atoms with Gasteiger partial charge in [-0.3, -0.25) is 9.59 Å². The zero-order valence-electron chi connectivity index (χ0n) is 12.3. The zero-order chi connectivity index (χ0) is 16.6. The highest BCUT2D eigenvalue weighted by atomic mass is 32.2. The van der Waals surface area contributed by atoms with Crippen LogP contribution in [0.15, 0.2) is 0 Å². The lowest BCUT2D eigenvalue weighted by Gasteiger charge is -2.24. The van der Waals surface area contributed by atoms with E-state index in [9.17, 15) is 19.5 Å². The quantitative estimate of drug-likeness (QED) is 0.349. The van der Waals surface area contributed by atoms with E-state index in [0.29, 0.717) is 5.75 Å². The molecule has 9 heteroatoms. The number of hydrogen-bond donors (Lipinski definition) is 5. The Morgan fingerprint density at radius 1 is 1.19 bits per heavy atom. The highest BCUT2D eigenvalue weighted by Gasteiger charge is 2.29. The number of nitrogens with two attached hydrogens (primary N) is 1. The number of aliphatic carboxylic acids is 1. The predicted molar refractivity (Wildman–Crippen MR) is 79.8 cm³/mol. The lowest BCUT2D eigenvalue weighted by Crippen LogP contribution is -2.57. The minimum atomic E-state index is -1.25. The Morgan fingerprint density at radius 2 is 1.76 bits per heavy atom. The van der Waals surface area contributed by atoms with Crippen LogP contribution in [-0.4, -0.2) is 64.2 Å². The molecule has 0 aliphatic heterocycles. The number of hydrogen-bond acceptors (Lipinski definition) is 6. The van der Waals surface area contributed by atoms with Gasteiger partial charge in [0.05, 0.1) is 12.1 Å². The topological polar surface area (TPSA) is 142 Å². The summed E-state index contributed by atoms with van der Waals surface area (Å²) in [6.07, 6.45) is 0.890. The highest BCUT2D eigenvalue weighted by molar-refractivity contribution is 7.98. The molecular weight excluding hydrogens is 298 g/mol. The lowest BCUT2D eigenvalue weighted by molar-refractivity contribution is -0.143. The molecule has 0 fully saturated rings. The van der Waals surface area contributed by atoms with Gasteiger partial charge in [-0.25, -0.2) is 4.79 Å². The van der Waals surface area contributed by atoms with Crippen molar-refractivity contribution in [2.24, 2.45) is 5.73 Å². The van der Waals surface area contributed by atoms with Crippen molar-refractivity contribution < 1.29 is 24.6 Å². The van der Waals surface area contributed by atoms with E-state index in [1.54, 1.807) is 0 Å². The number of carboxylic acids is 1. The summed E-state index contributed by atoms with van der Waals surface area (Å²) in [5, 5.41) is 23.2. The maximum atomic E-state index is 12.0. The molecule has 0 aromatic rings. The van der Waals surface area contributed by atoms with Gasteiger partial charge in [0.25, 0.3) is 0 Å². The minimum absolute atomic E-state index is 0.246. The SMILES string of the molecule is CSCCC(NC(=O)C(NC(=O)C(C)N)C(C)O)C(=O)O. The van der Waals surface area contributed by atoms with Crippen molar-refractivity contribution in [3.8, 4) is 0 Å². The van der Waals surface area contributed by atoms with Gasteiger partial charge in [0.15, 0.2) is 0 Å². The summed E-state index contributed by atoms with van der Waals surface area (Å²) in [4.78, 5) is 34.6. The molecule has 0 bridgehead atoms. The van der Waals surface area contributed by atoms with Gasteiger partial charge in [-0.15, -0.1) is 0 Å². The van der Waals surface area contributed by atoms with Crippen molar-refractivity contribution >= 4 is 29.5 Å². The fraction of sp³-hybridized carbons (Fsp3) is 0.750. The number of aliphatic hydroxyl groups excluding tert-OH is 1. The van der Waals surface area contributed by atoms with Gasteiger partial charge < -0.3 is 26.6 Å². The van der Waals surface area contributed by atoms with Crippen LogP contribution in [0.25, 0.3) is 0 Å². The minimum Gasteiger partial charge on any atom is -0.480 e. The number of carbonyl (C=O) groups excluding carboxylic acids is 2. The molecule has 0 spiro atoms. The largest absolute Gasteiger partial charge is 0.480 e. The third-order valence-electron chi connectivity index (χ3n) is 2.70. The van der Waals surface area contributed by atoms with Crippen molar-refractivity contribution in [2.45, 2.75) is 44.5 Å². The molecule has 4 unspecified atom stereocenters. The number of aliphatic hydroxyl groups is 1. The van der Waals surface area contributed by atoms with Crippen LogP contribution in [0.2, 0.25) is 0 Å². The summed E-state index contributed by atoms with van der Waals surface area (Å²) >= 11 is 1.45. The first kappa shape index (κ1) is 19.7. The fourth-order valence-electron chi connectivity index (χ4n) is 1.44. The van der Waals surface area contributed by atoms with E-state index >= 15 is 0 Å². The molecule has 6 N–H and O–H groups in total. The number of thioether (sulfide) groups is 1. The van der Waals surface area contributed by atoms with Crippen molar-refractivity contribution in [2.75, 3.05) is 12.0 Å². The van der Waals surface area contributed by atoms with Crippen LogP contribution in [0, 0.1) is 0 Å². The van der Waals surface area contributed by atoms with Gasteiger partial charge >= 0.3 is 5.97 Å². The molecule has 4 atom stereocenters. The van der Waals surface area contributed by atoms with Crippen molar-refractivity contribution in [3.05, 3.63) is 0 Å². The number of carbonyl (C=O) groups is 3. The van der Waals surface area contributed by atoms with Gasteiger partial charge in [0.2, 0.25) is 11.8 Å². The normalized spacial score (nSPS) is 16.4. The second kappa shape index (κ2) is 9.59. The zero-order valence-corrected chi connectivity index (χ0v) is 13.1. The monoisotopic (exact) mass is 321 g/mol. The van der Waals surface area contributed by atoms with E-state index < -0.39 is 42.0 Å². The van der Waals surface area contributed by atoms with Gasteiger partial charge in [-0.1, -0.05) is 0 Å². The summed E-state index contributed by atoms with van der Waals surface area (Å²) in [5.41, 5.74) is 5.38. The van der Waals surface area contributed by atoms with E-state index in [1.165, 1.54) is 25.6 Å². The molecule has 0 radical (unpaired) electrons. The Labute approximate surface area is 127 Å². The molecule has 21 heavy (non-hydrogen) atoms. The first-order valence-electron chi connectivity index (χ1n) is 6.46. The van der Waals surface area contributed by atoms with Crippen LogP contribution >= 0.6 is 11.8 Å². The third kappa shape index (κ3) is 7.30. The number of amides is 2. The van der Waals surface area contributed by atoms with Crippen LogP contribution < -0.4 is 16.4 Å². The molecule has 0 aliphatic carbocycles. The Bertz CT molecular complexity index is 376. The summed E-state index contributed by atoms with van der Waals surface area (Å²) in [5.74, 6) is -1.97. The van der Waals surface area contributed by atoms with Gasteiger partial charge in [-0.05, 0) is 32.3 Å². The molecule has 0 aliphatic rings. The maximum absolute atomic E-state index is 12.0. The number of nitrogens with one attached hydrogen (secondary N) is 2. The summed E-state index contributed by atoms with van der Waals surface area (Å²) in [7, 11) is 0. The number of rotatable bonds is 9. The Morgan fingerprint density at radius 3 is 2.14 bits per heavy atom. The average molecular weight is 321 g/mol. The Hall–Kier alpha value is -1.32. The third-order valence-corrected chi connectivity index (χ3v) is 3.35. The molecule has 0 aromatic heterocycles. The van der Waals surface area contributed by atoms with Crippen molar-refractivity contribution in [3.63, 3.8) is 0 Å². The molecule has 0 rings (SSSR count). The first-order chi connectivity index (χ1) is 9.70. The predicted octanol–water partition coefficient (Wildman–Crippen LogP) is -1.48. The van der Waals surface area contributed by atoms with Crippen LogP contribution in [-0.2, 0) is 14.4 Å². The molecule has 0 saturated carbocycles. The summed E-state index contributed by atoms with van der Waals surface area (Å²) < 4.78 is 0. The molecule has 0 aromatic carbocycles.